The van der Waals surface area contributed by atoms with Gasteiger partial charge in [-0.1, -0.05) is 36.4 Å². The van der Waals surface area contributed by atoms with E-state index in [2.05, 4.69) is 17.4 Å². The molecular weight excluding hydrogens is 377 g/mol. The van der Waals surface area contributed by atoms with Crippen molar-refractivity contribution in [3.8, 4) is 0 Å². The Labute approximate surface area is 172 Å². The second kappa shape index (κ2) is 8.50. The van der Waals surface area contributed by atoms with E-state index < -0.39 is 0 Å². The van der Waals surface area contributed by atoms with E-state index in [0.717, 1.165) is 30.4 Å². The fourth-order valence-electron chi connectivity index (χ4n) is 4.28. The number of nitrogens with one attached hydrogen (secondary N) is 1. The number of hydrogen-bond acceptors (Lipinski definition) is 2. The molecule has 0 radical (unpaired) electrons. The van der Waals surface area contributed by atoms with E-state index in [1.165, 1.54) is 17.7 Å². The van der Waals surface area contributed by atoms with Crippen molar-refractivity contribution in [3.05, 3.63) is 71.0 Å². The predicted molar refractivity (Wildman–Crippen MR) is 111 cm³/mol. The van der Waals surface area contributed by atoms with Crippen molar-refractivity contribution in [3.63, 3.8) is 0 Å². The van der Waals surface area contributed by atoms with Crippen LogP contribution in [0.5, 0.6) is 0 Å². The molecule has 1 aliphatic carbocycles. The topological polar surface area (TPSA) is 35.6 Å². The zero-order valence-electron chi connectivity index (χ0n) is 16.3. The molecule has 1 aliphatic heterocycles. The van der Waals surface area contributed by atoms with Crippen LogP contribution in [0.3, 0.4) is 0 Å². The van der Waals surface area contributed by atoms with Crippen molar-refractivity contribution in [1.82, 2.24) is 15.1 Å². The molecule has 0 aromatic heterocycles. The SMILES string of the molecule is CNC1CC(N(C)C(=O)N2CCc3ccccc3[C@@H]2c2ccc(F)cc2)C1.Cl. The van der Waals surface area contributed by atoms with Crippen LogP contribution in [0.25, 0.3) is 0 Å². The van der Waals surface area contributed by atoms with E-state index in [1.807, 2.05) is 36.0 Å². The highest BCUT2D eigenvalue weighted by atomic mass is 35.5. The fourth-order valence-corrected chi connectivity index (χ4v) is 4.28. The Balaban J connectivity index is 0.00000225. The Kier molecular flexibility index (Phi) is 6.26. The Bertz CT molecular complexity index is 823. The molecule has 0 saturated heterocycles. The van der Waals surface area contributed by atoms with Crippen molar-refractivity contribution < 1.29 is 9.18 Å². The lowest BCUT2D eigenvalue weighted by atomic mass is 9.85. The lowest BCUT2D eigenvalue weighted by Crippen LogP contribution is -2.56. The Hall–Kier alpha value is -2.11. The standard InChI is InChI=1S/C22H26FN3O.ClH/c1-24-18-13-19(14-18)25(2)22(27)26-12-11-15-5-3-4-6-20(15)21(26)16-7-9-17(23)10-8-16;/h3-10,18-19,21,24H,11-14H2,1-2H3;1H/t18?,19?,21-;/m0./s1. The minimum Gasteiger partial charge on any atom is -0.325 e. The number of hydrogen-bond donors (Lipinski definition) is 1. The maximum absolute atomic E-state index is 13.5. The summed E-state index contributed by atoms with van der Waals surface area (Å²) in [6.45, 7) is 0.671. The lowest BCUT2D eigenvalue weighted by molar-refractivity contribution is 0.0973. The van der Waals surface area contributed by atoms with Crippen LogP contribution in [0.2, 0.25) is 0 Å². The van der Waals surface area contributed by atoms with Crippen molar-refractivity contribution in [1.29, 1.82) is 0 Å². The minimum atomic E-state index is -0.259. The van der Waals surface area contributed by atoms with Gasteiger partial charge in [0.15, 0.2) is 0 Å². The van der Waals surface area contributed by atoms with E-state index >= 15 is 0 Å². The fraction of sp³-hybridized carbons (Fsp3) is 0.409. The van der Waals surface area contributed by atoms with E-state index in [4.69, 9.17) is 0 Å². The van der Waals surface area contributed by atoms with Gasteiger partial charge in [-0.25, -0.2) is 9.18 Å². The van der Waals surface area contributed by atoms with E-state index in [0.29, 0.717) is 12.6 Å². The Morgan fingerprint density at radius 3 is 2.50 bits per heavy atom. The number of amides is 2. The van der Waals surface area contributed by atoms with Crippen molar-refractivity contribution in [2.24, 2.45) is 0 Å². The predicted octanol–water partition coefficient (Wildman–Crippen LogP) is 4.00. The van der Waals surface area contributed by atoms with Crippen molar-refractivity contribution in [2.75, 3.05) is 20.6 Å². The third kappa shape index (κ3) is 3.74. The number of carbonyl (C=O) groups is 1. The first-order valence-electron chi connectivity index (χ1n) is 9.62. The van der Waals surface area contributed by atoms with Crippen LogP contribution >= 0.6 is 12.4 Å². The van der Waals surface area contributed by atoms with Gasteiger partial charge in [-0.2, -0.15) is 0 Å². The molecule has 150 valence electrons. The Morgan fingerprint density at radius 1 is 1.14 bits per heavy atom. The number of benzene rings is 2. The molecule has 1 saturated carbocycles. The van der Waals surface area contributed by atoms with Gasteiger partial charge in [0.05, 0.1) is 6.04 Å². The van der Waals surface area contributed by atoms with Gasteiger partial charge in [-0.15, -0.1) is 12.4 Å². The maximum atomic E-state index is 13.5. The summed E-state index contributed by atoms with van der Waals surface area (Å²) in [6, 6.07) is 15.5. The molecule has 0 unspecified atom stereocenters. The first-order chi connectivity index (χ1) is 13.1. The molecule has 28 heavy (non-hydrogen) atoms. The van der Waals surface area contributed by atoms with E-state index in [9.17, 15) is 9.18 Å². The van der Waals surface area contributed by atoms with Gasteiger partial charge in [0, 0.05) is 25.7 Å². The third-order valence-electron chi connectivity index (χ3n) is 6.09. The zero-order chi connectivity index (χ0) is 19.0. The van der Waals surface area contributed by atoms with E-state index in [-0.39, 0.29) is 36.3 Å². The quantitative estimate of drug-likeness (QED) is 0.840. The second-order valence-corrected chi connectivity index (χ2v) is 7.60. The molecule has 2 aromatic carbocycles. The minimum absolute atomic E-state index is 0. The lowest BCUT2D eigenvalue weighted by Gasteiger charge is -2.45. The highest BCUT2D eigenvalue weighted by Crippen LogP contribution is 2.36. The summed E-state index contributed by atoms with van der Waals surface area (Å²) in [5, 5.41) is 3.27. The normalized spacial score (nSPS) is 23.2. The smallest absolute Gasteiger partial charge is 0.320 e. The van der Waals surface area contributed by atoms with Gasteiger partial charge < -0.3 is 15.1 Å². The number of halogens is 2. The molecule has 4 rings (SSSR count). The van der Waals surface area contributed by atoms with Gasteiger partial charge in [0.1, 0.15) is 5.82 Å². The molecule has 2 amide bonds. The molecule has 2 aromatic rings. The first-order valence-corrected chi connectivity index (χ1v) is 9.62. The number of carbonyl (C=O) groups excluding carboxylic acids is 1. The van der Waals surface area contributed by atoms with E-state index in [1.54, 1.807) is 12.1 Å². The largest absolute Gasteiger partial charge is 0.325 e. The van der Waals surface area contributed by atoms with Crippen molar-refractivity contribution in [2.45, 2.75) is 37.4 Å². The second-order valence-electron chi connectivity index (χ2n) is 7.60. The van der Waals surface area contributed by atoms with Gasteiger partial charge in [0.25, 0.3) is 0 Å². The van der Waals surface area contributed by atoms with Gasteiger partial charge in [-0.05, 0) is 55.1 Å². The summed E-state index contributed by atoms with van der Waals surface area (Å²) in [6.07, 6.45) is 2.83. The summed E-state index contributed by atoms with van der Waals surface area (Å²) in [5.41, 5.74) is 3.35. The van der Waals surface area contributed by atoms with Crippen LogP contribution in [-0.2, 0) is 6.42 Å². The summed E-state index contributed by atoms with van der Waals surface area (Å²) < 4.78 is 13.5. The van der Waals surface area contributed by atoms with Crippen molar-refractivity contribution >= 4 is 18.4 Å². The summed E-state index contributed by atoms with van der Waals surface area (Å²) in [4.78, 5) is 17.2. The number of urea groups is 1. The van der Waals surface area contributed by atoms with Gasteiger partial charge in [0.2, 0.25) is 0 Å². The molecule has 1 heterocycles. The monoisotopic (exact) mass is 403 g/mol. The highest BCUT2D eigenvalue weighted by Gasteiger charge is 2.38. The van der Waals surface area contributed by atoms with Crippen LogP contribution in [0.4, 0.5) is 9.18 Å². The summed E-state index contributed by atoms with van der Waals surface area (Å²) in [7, 11) is 3.87. The molecule has 1 atom stereocenters. The molecule has 1 fully saturated rings. The molecule has 2 aliphatic rings. The van der Waals surface area contributed by atoms with Gasteiger partial charge in [-0.3, -0.25) is 0 Å². The van der Waals surface area contributed by atoms with Crippen LogP contribution in [0, 0.1) is 5.82 Å². The molecule has 4 nitrogen and oxygen atoms in total. The average molecular weight is 404 g/mol. The third-order valence-corrected chi connectivity index (χ3v) is 6.09. The summed E-state index contributed by atoms with van der Waals surface area (Å²) in [5.74, 6) is -0.259. The maximum Gasteiger partial charge on any atom is 0.320 e. The highest BCUT2D eigenvalue weighted by molar-refractivity contribution is 5.85. The molecule has 6 heteroatoms. The Morgan fingerprint density at radius 2 is 1.82 bits per heavy atom. The summed E-state index contributed by atoms with van der Waals surface area (Å²) >= 11 is 0. The zero-order valence-corrected chi connectivity index (χ0v) is 17.1. The van der Waals surface area contributed by atoms with Crippen LogP contribution in [0.15, 0.2) is 48.5 Å². The first kappa shape index (κ1) is 20.6. The molecule has 0 spiro atoms. The van der Waals surface area contributed by atoms with Crippen LogP contribution in [0.1, 0.15) is 35.6 Å². The van der Waals surface area contributed by atoms with Crippen LogP contribution in [-0.4, -0.2) is 48.6 Å². The molecule has 0 bridgehead atoms. The average Bonchev–Trinajstić information content (AvgIpc) is 2.66. The number of nitrogens with zero attached hydrogens (tertiary/aromatic N) is 2. The molecular formula is C22H27ClFN3O. The van der Waals surface area contributed by atoms with Crippen LogP contribution < -0.4 is 5.32 Å². The number of rotatable bonds is 3. The number of fused-ring (bicyclic) bond motifs is 1. The molecule has 1 N–H and O–H groups in total. The van der Waals surface area contributed by atoms with Gasteiger partial charge >= 0.3 is 6.03 Å².